The summed E-state index contributed by atoms with van der Waals surface area (Å²) < 4.78 is 27.0. The molecule has 1 fully saturated rings. The van der Waals surface area contributed by atoms with E-state index in [4.69, 9.17) is 15.0 Å². The molecular weight excluding hydrogens is 508 g/mol. The number of rotatable bonds is 13. The molecule has 1 saturated heterocycles. The Hall–Kier alpha value is -0.951. The van der Waals surface area contributed by atoms with Crippen molar-refractivity contribution in [2.75, 3.05) is 13.2 Å². The molecule has 0 unspecified atom stereocenters. The van der Waals surface area contributed by atoms with Crippen molar-refractivity contribution in [3.63, 3.8) is 0 Å². The summed E-state index contributed by atoms with van der Waals surface area (Å²) in [7, 11) is 0. The molecule has 0 amide bonds. The van der Waals surface area contributed by atoms with Crippen LogP contribution in [0.4, 0.5) is 4.39 Å². The molecule has 3 rings (SSSR count). The first-order valence-corrected chi connectivity index (χ1v) is 20.4. The van der Waals surface area contributed by atoms with Crippen molar-refractivity contribution in [1.29, 1.82) is 0 Å². The number of nitrogens with zero attached hydrogens (tertiary/aromatic N) is 3. The predicted octanol–water partition coefficient (Wildman–Crippen LogP) is 6.57. The Morgan fingerprint density at radius 1 is 0.938 bits per heavy atom. The summed E-state index contributed by atoms with van der Waals surface area (Å²) in [5, 5.41) is 9.78. The fourth-order valence-corrected chi connectivity index (χ4v) is 21.1. The normalized spacial score (nSPS) is 15.4. The van der Waals surface area contributed by atoms with Crippen LogP contribution in [-0.2, 0) is 11.3 Å². The molecule has 178 valence electrons. The number of hydrogen-bond acceptors (Lipinski definition) is 3. The van der Waals surface area contributed by atoms with Gasteiger partial charge in [0.25, 0.3) is 0 Å². The Morgan fingerprint density at radius 2 is 1.50 bits per heavy atom. The van der Waals surface area contributed by atoms with Gasteiger partial charge < -0.3 is 0 Å². The van der Waals surface area contributed by atoms with Crippen LogP contribution in [0.3, 0.4) is 0 Å². The third kappa shape index (κ3) is 6.55. The predicted molar refractivity (Wildman–Crippen MR) is 133 cm³/mol. The summed E-state index contributed by atoms with van der Waals surface area (Å²) in [6, 6.07) is 7.06. The van der Waals surface area contributed by atoms with E-state index >= 15 is 0 Å². The van der Waals surface area contributed by atoms with Crippen LogP contribution >= 0.6 is 0 Å². The summed E-state index contributed by atoms with van der Waals surface area (Å²) in [5.74, 6) is 0.389. The molecule has 1 aliphatic rings. The monoisotopic (exact) mass is 551 g/mol. The first-order chi connectivity index (χ1) is 15.6. The SMILES string of the molecule is CCC[CH2][Sn]([CH2]CCC)([CH2]CCC)[c]1nnn(CC2CCOCC2)c1-c1ccc(F)cc1. The van der Waals surface area contributed by atoms with Gasteiger partial charge in [-0.15, -0.1) is 0 Å². The molecule has 0 bridgehead atoms. The van der Waals surface area contributed by atoms with Gasteiger partial charge in [0.2, 0.25) is 0 Å². The molecule has 2 aromatic rings. The molecule has 0 spiro atoms. The Bertz CT molecular complexity index is 780. The van der Waals surface area contributed by atoms with Crippen LogP contribution in [0.2, 0.25) is 13.3 Å². The maximum absolute atomic E-state index is 13.8. The molecule has 0 N–H and O–H groups in total. The number of aromatic nitrogens is 3. The maximum atomic E-state index is 13.8. The molecule has 1 aliphatic heterocycles. The topological polar surface area (TPSA) is 39.9 Å². The van der Waals surface area contributed by atoms with Crippen LogP contribution < -0.4 is 3.71 Å². The van der Waals surface area contributed by atoms with Crippen LogP contribution in [0.15, 0.2) is 24.3 Å². The second kappa shape index (κ2) is 13.1. The summed E-state index contributed by atoms with van der Waals surface area (Å²) in [6.07, 6.45) is 9.73. The number of hydrogen-bond donors (Lipinski definition) is 0. The molecule has 0 saturated carbocycles. The Kier molecular flexibility index (Phi) is 10.5. The average Bonchev–Trinajstić information content (AvgIpc) is 3.24. The fraction of sp³-hybridized carbons (Fsp3) is 0.692. The van der Waals surface area contributed by atoms with E-state index in [1.807, 2.05) is 12.1 Å². The molecule has 32 heavy (non-hydrogen) atoms. The van der Waals surface area contributed by atoms with Gasteiger partial charge in [-0.2, -0.15) is 0 Å². The third-order valence-corrected chi connectivity index (χ3v) is 22.2. The number of ether oxygens (including phenoxy) is 1. The molecule has 6 heteroatoms. The fourth-order valence-electron chi connectivity index (χ4n) is 5.14. The van der Waals surface area contributed by atoms with Crippen molar-refractivity contribution >= 4 is 22.1 Å². The van der Waals surface area contributed by atoms with Crippen molar-refractivity contribution in [3.8, 4) is 11.3 Å². The zero-order valence-corrected chi connectivity index (χ0v) is 23.3. The van der Waals surface area contributed by atoms with Crippen LogP contribution in [0, 0.1) is 11.7 Å². The second-order valence-corrected chi connectivity index (χ2v) is 22.6. The summed E-state index contributed by atoms with van der Waals surface area (Å²) >= 11 is -2.79. The van der Waals surface area contributed by atoms with Crippen molar-refractivity contribution in [1.82, 2.24) is 15.0 Å². The zero-order valence-electron chi connectivity index (χ0n) is 20.4. The van der Waals surface area contributed by atoms with E-state index < -0.39 is 18.4 Å². The van der Waals surface area contributed by atoms with Gasteiger partial charge in [0.15, 0.2) is 0 Å². The van der Waals surface area contributed by atoms with Gasteiger partial charge in [-0.25, -0.2) is 0 Å². The number of unbranched alkanes of at least 4 members (excludes halogenated alkanes) is 3. The minimum absolute atomic E-state index is 0.184. The first-order valence-electron chi connectivity index (χ1n) is 12.9. The van der Waals surface area contributed by atoms with Crippen LogP contribution in [0.5, 0.6) is 0 Å². The molecule has 2 heterocycles. The quantitative estimate of drug-likeness (QED) is 0.265. The molecular formula is C26H42FN3OSn. The molecule has 0 aliphatic carbocycles. The summed E-state index contributed by atoms with van der Waals surface area (Å²) in [5.41, 5.74) is 2.29. The van der Waals surface area contributed by atoms with Crippen molar-refractivity contribution < 1.29 is 9.13 Å². The van der Waals surface area contributed by atoms with E-state index in [0.29, 0.717) is 5.92 Å². The Morgan fingerprint density at radius 3 is 2.03 bits per heavy atom. The standard InChI is InChI=1S/C14H15FN3O.3C4H9.Sn/c15-13-3-1-12(2-4-13)14-9-16-17-18(14)10-11-5-7-19-8-6-11;3*1-3-4-2;/h1-4,11H,5-8,10H2;3*1,3-4H2,2H3;. The van der Waals surface area contributed by atoms with Gasteiger partial charge in [-0.1, -0.05) is 0 Å². The van der Waals surface area contributed by atoms with Crippen molar-refractivity contribution in [2.45, 2.75) is 92.0 Å². The van der Waals surface area contributed by atoms with Gasteiger partial charge >= 0.3 is 199 Å². The van der Waals surface area contributed by atoms with E-state index in [0.717, 1.165) is 38.2 Å². The van der Waals surface area contributed by atoms with E-state index in [2.05, 4.69) is 25.5 Å². The van der Waals surface area contributed by atoms with Crippen molar-refractivity contribution in [3.05, 3.63) is 30.1 Å². The second-order valence-electron chi connectivity index (χ2n) is 9.62. The number of halogens is 1. The summed E-state index contributed by atoms with van der Waals surface area (Å²) in [6.45, 7) is 9.48. The van der Waals surface area contributed by atoms with Crippen molar-refractivity contribution in [2.24, 2.45) is 5.92 Å². The molecule has 0 radical (unpaired) electrons. The van der Waals surface area contributed by atoms with Crippen LogP contribution in [-0.4, -0.2) is 46.6 Å². The van der Waals surface area contributed by atoms with E-state index in [-0.39, 0.29) is 5.82 Å². The van der Waals surface area contributed by atoms with Gasteiger partial charge in [-0.3, -0.25) is 0 Å². The van der Waals surface area contributed by atoms with E-state index in [1.165, 1.54) is 61.2 Å². The zero-order chi connectivity index (χ0) is 22.8. The van der Waals surface area contributed by atoms with E-state index in [1.54, 1.807) is 12.1 Å². The minimum atomic E-state index is -2.79. The molecule has 0 atom stereocenters. The summed E-state index contributed by atoms with van der Waals surface area (Å²) in [4.78, 5) is 0. The molecule has 4 nitrogen and oxygen atoms in total. The van der Waals surface area contributed by atoms with Gasteiger partial charge in [0, 0.05) is 0 Å². The average molecular weight is 550 g/mol. The Balaban J connectivity index is 2.08. The van der Waals surface area contributed by atoms with Gasteiger partial charge in [-0.05, 0) is 0 Å². The Labute approximate surface area is 198 Å². The van der Waals surface area contributed by atoms with Crippen LogP contribution in [0.1, 0.15) is 72.1 Å². The molecule has 1 aromatic heterocycles. The number of benzene rings is 1. The van der Waals surface area contributed by atoms with E-state index in [9.17, 15) is 4.39 Å². The van der Waals surface area contributed by atoms with Gasteiger partial charge in [0.05, 0.1) is 0 Å². The first kappa shape index (κ1) is 25.7. The third-order valence-electron chi connectivity index (χ3n) is 7.15. The molecule has 1 aromatic carbocycles. The van der Waals surface area contributed by atoms with Gasteiger partial charge in [0.1, 0.15) is 0 Å². The van der Waals surface area contributed by atoms with Crippen LogP contribution in [0.25, 0.3) is 11.3 Å².